The van der Waals surface area contributed by atoms with Gasteiger partial charge in [0.05, 0.1) is 14.7 Å². The number of hydrogen-bond donors (Lipinski definition) is 0. The second-order valence-electron chi connectivity index (χ2n) is 3.31. The summed E-state index contributed by atoms with van der Waals surface area (Å²) < 4.78 is 1.05. The van der Waals surface area contributed by atoms with Gasteiger partial charge in [-0.1, -0.05) is 36.0 Å². The van der Waals surface area contributed by atoms with E-state index in [1.165, 1.54) is 0 Å². The summed E-state index contributed by atoms with van der Waals surface area (Å²) in [5.74, 6) is 2.10. The van der Waals surface area contributed by atoms with Gasteiger partial charge in [-0.05, 0) is 17.7 Å². The number of benzene rings is 1. The average Bonchev–Trinajstić information content (AvgIpc) is 2.84. The predicted molar refractivity (Wildman–Crippen MR) is 80.7 cm³/mol. The lowest BCUT2D eigenvalue weighted by atomic mass is 10.1. The smallest absolute Gasteiger partial charge is 0.102 e. The van der Waals surface area contributed by atoms with Crippen LogP contribution < -0.4 is 0 Å². The van der Waals surface area contributed by atoms with Gasteiger partial charge in [-0.3, -0.25) is 0 Å². The van der Waals surface area contributed by atoms with E-state index in [2.05, 4.69) is 6.07 Å². The minimum absolute atomic E-state index is 0.612. The summed E-state index contributed by atoms with van der Waals surface area (Å²) >= 11 is 14.6. The number of rotatable bonds is 2. The van der Waals surface area contributed by atoms with E-state index in [4.69, 9.17) is 23.8 Å². The highest BCUT2D eigenvalue weighted by Crippen LogP contribution is 2.39. The second kappa shape index (κ2) is 5.92. The number of halogens is 1. The van der Waals surface area contributed by atoms with Crippen LogP contribution in [0.3, 0.4) is 0 Å². The lowest BCUT2D eigenvalue weighted by Crippen LogP contribution is -2.01. The molecule has 1 aliphatic rings. The molecule has 0 unspecified atom stereocenters. The van der Waals surface area contributed by atoms with E-state index in [0.29, 0.717) is 15.5 Å². The van der Waals surface area contributed by atoms with Crippen LogP contribution in [-0.2, 0) is 0 Å². The summed E-state index contributed by atoms with van der Waals surface area (Å²) in [4.78, 5) is 0.612. The molecular formula is C12H8ClNS3. The van der Waals surface area contributed by atoms with E-state index in [9.17, 15) is 5.26 Å². The van der Waals surface area contributed by atoms with Crippen LogP contribution in [0.2, 0.25) is 5.02 Å². The van der Waals surface area contributed by atoms with Gasteiger partial charge in [0.1, 0.15) is 6.07 Å². The number of thiocarbonyl (C=S) groups is 1. The average molecular weight is 298 g/mol. The van der Waals surface area contributed by atoms with Crippen molar-refractivity contribution >= 4 is 52.2 Å². The molecule has 0 atom stereocenters. The van der Waals surface area contributed by atoms with Crippen LogP contribution >= 0.6 is 47.3 Å². The third-order valence-corrected chi connectivity index (χ3v) is 5.61. The van der Waals surface area contributed by atoms with Crippen molar-refractivity contribution in [2.45, 2.75) is 0 Å². The third-order valence-electron chi connectivity index (χ3n) is 2.20. The van der Waals surface area contributed by atoms with E-state index in [1.807, 2.05) is 12.1 Å². The number of nitriles is 1. The van der Waals surface area contributed by atoms with Crippen LogP contribution in [0.1, 0.15) is 5.56 Å². The van der Waals surface area contributed by atoms with E-state index in [-0.39, 0.29) is 0 Å². The van der Waals surface area contributed by atoms with Gasteiger partial charge in [-0.15, -0.1) is 23.5 Å². The molecule has 1 aromatic rings. The maximum atomic E-state index is 9.22. The Morgan fingerprint density at radius 3 is 2.35 bits per heavy atom. The summed E-state index contributed by atoms with van der Waals surface area (Å²) in [5.41, 5.74) is 1.50. The van der Waals surface area contributed by atoms with Crippen molar-refractivity contribution in [2.24, 2.45) is 0 Å². The van der Waals surface area contributed by atoms with E-state index in [1.54, 1.807) is 35.7 Å². The molecule has 1 aromatic carbocycles. The first-order valence-corrected chi connectivity index (χ1v) is 7.68. The first-order valence-electron chi connectivity index (χ1n) is 4.92. The Labute approximate surface area is 119 Å². The summed E-state index contributed by atoms with van der Waals surface area (Å²) in [6.45, 7) is 0. The van der Waals surface area contributed by atoms with Crippen LogP contribution in [0, 0.1) is 11.3 Å². The van der Waals surface area contributed by atoms with Crippen molar-refractivity contribution < 1.29 is 0 Å². The monoisotopic (exact) mass is 297 g/mol. The summed E-state index contributed by atoms with van der Waals surface area (Å²) in [6.07, 6.45) is 0. The van der Waals surface area contributed by atoms with Gasteiger partial charge in [0.15, 0.2) is 0 Å². The van der Waals surface area contributed by atoms with Crippen molar-refractivity contribution in [1.82, 2.24) is 0 Å². The standard InChI is InChI=1S/C12H8ClNS3/c13-9-3-1-8(2-4-9)11(15)10(7-14)12-16-5-6-17-12/h1-4H,5-6H2. The highest BCUT2D eigenvalue weighted by atomic mass is 35.5. The lowest BCUT2D eigenvalue weighted by molar-refractivity contribution is 1.51. The van der Waals surface area contributed by atoms with Gasteiger partial charge < -0.3 is 0 Å². The zero-order chi connectivity index (χ0) is 12.3. The molecule has 17 heavy (non-hydrogen) atoms. The topological polar surface area (TPSA) is 23.8 Å². The fraction of sp³-hybridized carbons (Fsp3) is 0.167. The second-order valence-corrected chi connectivity index (χ2v) is 6.62. The zero-order valence-electron chi connectivity index (χ0n) is 8.77. The molecule has 0 radical (unpaired) electrons. The van der Waals surface area contributed by atoms with Crippen molar-refractivity contribution in [3.8, 4) is 6.07 Å². The molecule has 1 aliphatic heterocycles. The first-order chi connectivity index (χ1) is 8.22. The molecule has 0 bridgehead atoms. The van der Waals surface area contributed by atoms with Gasteiger partial charge in [0.25, 0.3) is 0 Å². The van der Waals surface area contributed by atoms with Crippen LogP contribution in [-0.4, -0.2) is 16.4 Å². The van der Waals surface area contributed by atoms with Crippen molar-refractivity contribution in [1.29, 1.82) is 5.26 Å². The highest BCUT2D eigenvalue weighted by molar-refractivity contribution is 8.25. The van der Waals surface area contributed by atoms with Crippen LogP contribution in [0.5, 0.6) is 0 Å². The SMILES string of the molecule is N#CC(C(=S)c1ccc(Cl)cc1)=C1SCCS1. The summed E-state index contributed by atoms with van der Waals surface area (Å²) in [6, 6.07) is 9.51. The fourth-order valence-corrected chi connectivity index (χ4v) is 4.38. The largest absolute Gasteiger partial charge is 0.192 e. The lowest BCUT2D eigenvalue weighted by Gasteiger charge is -2.05. The summed E-state index contributed by atoms with van der Waals surface area (Å²) in [5, 5.41) is 9.90. The normalized spacial score (nSPS) is 14.5. The van der Waals surface area contributed by atoms with Crippen molar-refractivity contribution in [3.63, 3.8) is 0 Å². The molecular weight excluding hydrogens is 290 g/mol. The van der Waals surface area contributed by atoms with Gasteiger partial charge in [-0.2, -0.15) is 5.26 Å². The molecule has 0 spiro atoms. The number of allylic oxidation sites excluding steroid dienone is 1. The minimum Gasteiger partial charge on any atom is -0.192 e. The number of nitrogens with zero attached hydrogens (tertiary/aromatic N) is 1. The molecule has 0 amide bonds. The van der Waals surface area contributed by atoms with Gasteiger partial charge >= 0.3 is 0 Å². The highest BCUT2D eigenvalue weighted by Gasteiger charge is 2.18. The third kappa shape index (κ3) is 3.05. The fourth-order valence-electron chi connectivity index (χ4n) is 1.39. The molecule has 86 valence electrons. The maximum absolute atomic E-state index is 9.22. The number of hydrogen-bond acceptors (Lipinski definition) is 4. The van der Waals surface area contributed by atoms with E-state index < -0.39 is 0 Å². The first kappa shape index (κ1) is 13.0. The molecule has 1 saturated heterocycles. The van der Waals surface area contributed by atoms with Crippen molar-refractivity contribution in [3.05, 3.63) is 44.7 Å². The van der Waals surface area contributed by atoms with E-state index in [0.717, 1.165) is 21.3 Å². The molecule has 0 aliphatic carbocycles. The predicted octanol–water partition coefficient (Wildman–Crippen LogP) is 4.27. The molecule has 1 fully saturated rings. The Hall–Kier alpha value is -0.470. The minimum atomic E-state index is 0.612. The van der Waals surface area contributed by atoms with Gasteiger partial charge in [-0.25, -0.2) is 0 Å². The maximum Gasteiger partial charge on any atom is 0.102 e. The van der Waals surface area contributed by atoms with Crippen LogP contribution in [0.15, 0.2) is 34.1 Å². The van der Waals surface area contributed by atoms with Crippen molar-refractivity contribution in [2.75, 3.05) is 11.5 Å². The van der Waals surface area contributed by atoms with E-state index >= 15 is 0 Å². The molecule has 0 N–H and O–H groups in total. The Bertz CT molecular complexity index is 506. The Balaban J connectivity index is 2.33. The molecule has 0 saturated carbocycles. The Morgan fingerprint density at radius 2 is 1.82 bits per heavy atom. The Kier molecular flexibility index (Phi) is 4.52. The van der Waals surface area contributed by atoms with Crippen LogP contribution in [0.4, 0.5) is 0 Å². The molecule has 1 nitrogen and oxygen atoms in total. The number of thioether (sulfide) groups is 2. The van der Waals surface area contributed by atoms with Gasteiger partial charge in [0, 0.05) is 16.5 Å². The quantitative estimate of drug-likeness (QED) is 0.352. The van der Waals surface area contributed by atoms with Gasteiger partial charge in [0.2, 0.25) is 0 Å². The molecule has 2 rings (SSSR count). The molecule has 1 heterocycles. The summed E-state index contributed by atoms with van der Waals surface area (Å²) in [7, 11) is 0. The molecule has 5 heteroatoms. The molecule has 0 aromatic heterocycles. The zero-order valence-corrected chi connectivity index (χ0v) is 12.0. The van der Waals surface area contributed by atoms with Crippen LogP contribution in [0.25, 0.3) is 0 Å². The Morgan fingerprint density at radius 1 is 1.24 bits per heavy atom.